The molecule has 2 aliphatic rings. The van der Waals surface area contributed by atoms with E-state index in [1.54, 1.807) is 39.0 Å². The summed E-state index contributed by atoms with van der Waals surface area (Å²) in [5.41, 5.74) is 11.6. The van der Waals surface area contributed by atoms with E-state index in [0.717, 1.165) is 0 Å². The third-order valence-corrected chi connectivity index (χ3v) is 11.6. The largest absolute Gasteiger partial charge is 0.481 e. The van der Waals surface area contributed by atoms with Gasteiger partial charge in [-0.3, -0.25) is 19.2 Å². The van der Waals surface area contributed by atoms with Crippen LogP contribution in [0, 0.1) is 0 Å². The number of hydrogen-bond acceptors (Lipinski definition) is 12. The molecule has 3 rings (SSSR count). The third kappa shape index (κ3) is 20.7. The highest BCUT2D eigenvalue weighted by Crippen LogP contribution is 2.15. The first-order valence-corrected chi connectivity index (χ1v) is 23.0. The fraction of sp³-hybridized carbons (Fsp3) is 0.605. The number of nitrogen functional groups attached to an aromatic ring is 1. The Labute approximate surface area is 403 Å². The lowest BCUT2D eigenvalue weighted by Crippen LogP contribution is -2.53. The van der Waals surface area contributed by atoms with Gasteiger partial charge in [0.15, 0.2) is 0 Å². The van der Waals surface area contributed by atoms with Crippen LogP contribution in [0.15, 0.2) is 24.3 Å². The number of nitrogens with zero attached hydrogens (tertiary/aromatic N) is 4. The summed E-state index contributed by atoms with van der Waals surface area (Å²) < 4.78 is 0. The predicted molar refractivity (Wildman–Crippen MR) is 247 cm³/mol. The van der Waals surface area contributed by atoms with E-state index in [-0.39, 0.29) is 128 Å². The molecule has 1 aromatic rings. The molecule has 1 unspecified atom stereocenters. The minimum absolute atomic E-state index is 0.0416. The standard InChI is InChI=1S/C43H66N12O15/c44-28-9-7-27(8-10-28)36(60)48-29(11-14-33(56)52-19-23-54(24-20-52)42(69)46-17-3-1-5-30(37(61)62)49-40(45)67)12-15-34(57)53-21-25-55(26-22-53)43(70)47-18-4-2-6-31(38(63)64)50-41(68)51-32(39(65)66)13-16-35(58)59/h7-10,29-32H,1-6,11-26,44H2,(H,46,69)(H,47,70)(H,48,60)(H,58,59)(H,61,62)(H,63,64)(H,65,66)(H3,45,49,67)(H2,50,51,68)/t29?,30-,31-,32-/m0/s1. The number of benzene rings is 1. The average Bonchev–Trinajstić information content (AvgIpc) is 3.32. The molecule has 14 N–H and O–H groups in total. The molecule has 0 aromatic heterocycles. The quantitative estimate of drug-likeness (QED) is 0.0378. The lowest BCUT2D eigenvalue weighted by atomic mass is 10.0. The van der Waals surface area contributed by atoms with Gasteiger partial charge in [0.05, 0.1) is 0 Å². The van der Waals surface area contributed by atoms with E-state index in [2.05, 4.69) is 31.9 Å². The Hall–Kier alpha value is -7.61. The van der Waals surface area contributed by atoms with Crippen molar-refractivity contribution in [1.29, 1.82) is 0 Å². The lowest BCUT2D eigenvalue weighted by Gasteiger charge is -2.35. The molecule has 27 nitrogen and oxygen atoms in total. The van der Waals surface area contributed by atoms with Crippen LogP contribution < -0.4 is 43.4 Å². The minimum Gasteiger partial charge on any atom is -0.481 e. The molecule has 2 saturated heterocycles. The van der Waals surface area contributed by atoms with Crippen LogP contribution in [0.25, 0.3) is 0 Å². The van der Waals surface area contributed by atoms with Crippen molar-refractivity contribution < 1.29 is 73.2 Å². The van der Waals surface area contributed by atoms with Crippen LogP contribution >= 0.6 is 0 Å². The second-order valence-corrected chi connectivity index (χ2v) is 16.8. The summed E-state index contributed by atoms with van der Waals surface area (Å²) in [6.07, 6.45) is 1.21. The average molecular weight is 991 g/mol. The van der Waals surface area contributed by atoms with Gasteiger partial charge >= 0.3 is 48.0 Å². The highest BCUT2D eigenvalue weighted by Gasteiger charge is 2.29. The van der Waals surface area contributed by atoms with E-state index in [4.69, 9.17) is 16.6 Å². The number of rotatable bonds is 27. The first-order chi connectivity index (χ1) is 33.2. The van der Waals surface area contributed by atoms with Gasteiger partial charge in [0.2, 0.25) is 11.8 Å². The summed E-state index contributed by atoms with van der Waals surface area (Å²) >= 11 is 0. The Morgan fingerprint density at radius 1 is 0.500 bits per heavy atom. The number of unbranched alkanes of at least 4 members (excludes halogenated alkanes) is 2. The molecule has 70 heavy (non-hydrogen) atoms. The number of carbonyl (C=O) groups excluding carboxylic acids is 7. The van der Waals surface area contributed by atoms with Crippen molar-refractivity contribution in [2.24, 2.45) is 5.73 Å². The van der Waals surface area contributed by atoms with Crippen LogP contribution in [0.1, 0.15) is 87.4 Å². The maximum absolute atomic E-state index is 13.4. The Bertz CT molecular complexity index is 1990. The van der Waals surface area contributed by atoms with Gasteiger partial charge in [-0.15, -0.1) is 0 Å². The van der Waals surface area contributed by atoms with Crippen LogP contribution in [0.2, 0.25) is 0 Å². The number of primary amides is 1. The minimum atomic E-state index is -1.54. The van der Waals surface area contributed by atoms with Gasteiger partial charge in [-0.2, -0.15) is 0 Å². The normalized spacial score (nSPS) is 15.3. The van der Waals surface area contributed by atoms with Crippen molar-refractivity contribution in [3.05, 3.63) is 29.8 Å². The second-order valence-electron chi connectivity index (χ2n) is 16.8. The number of nitrogens with one attached hydrogen (secondary N) is 6. The number of carboxylic acid groups (broad SMARTS) is 4. The van der Waals surface area contributed by atoms with Crippen molar-refractivity contribution in [3.8, 4) is 0 Å². The van der Waals surface area contributed by atoms with E-state index in [0.29, 0.717) is 30.5 Å². The zero-order valence-corrected chi connectivity index (χ0v) is 38.9. The van der Waals surface area contributed by atoms with Crippen molar-refractivity contribution in [1.82, 2.24) is 51.5 Å². The first kappa shape index (κ1) is 56.7. The summed E-state index contributed by atoms with van der Waals surface area (Å²) in [4.78, 5) is 140. The van der Waals surface area contributed by atoms with E-state index in [1.807, 2.05) is 0 Å². The Morgan fingerprint density at radius 2 is 0.900 bits per heavy atom. The fourth-order valence-electron chi connectivity index (χ4n) is 7.55. The molecule has 4 atom stereocenters. The van der Waals surface area contributed by atoms with Crippen LogP contribution in [0.4, 0.5) is 24.9 Å². The smallest absolute Gasteiger partial charge is 0.326 e. The molecular weight excluding hydrogens is 925 g/mol. The summed E-state index contributed by atoms with van der Waals surface area (Å²) in [7, 11) is 0. The second kappa shape index (κ2) is 29.3. The van der Waals surface area contributed by atoms with Gasteiger partial charge in [0, 0.05) is 102 Å². The van der Waals surface area contributed by atoms with Crippen molar-refractivity contribution in [3.63, 3.8) is 0 Å². The van der Waals surface area contributed by atoms with Crippen molar-refractivity contribution in [2.75, 3.05) is 71.2 Å². The lowest BCUT2D eigenvalue weighted by molar-refractivity contribution is -0.141. The molecule has 2 heterocycles. The molecule has 0 bridgehead atoms. The molecule has 388 valence electrons. The van der Waals surface area contributed by atoms with Gasteiger partial charge in [0.25, 0.3) is 5.91 Å². The molecule has 2 aliphatic heterocycles. The van der Waals surface area contributed by atoms with E-state index in [1.165, 1.54) is 4.90 Å². The SMILES string of the molecule is NC(=O)N[C@@H](CCCCNC(=O)N1CCN(C(=O)CCC(CCC(=O)N2CCN(C(=O)NCCCC[C@H](NC(=O)N[C@@H](CCC(=O)O)C(=O)O)C(=O)O)CC2)NC(=O)c2ccc(N)cc2)CC1)C(=O)O. The van der Waals surface area contributed by atoms with Crippen LogP contribution in [0.5, 0.6) is 0 Å². The van der Waals surface area contributed by atoms with Crippen LogP contribution in [-0.4, -0.2) is 195 Å². The number of anilines is 1. The number of hydrogen-bond donors (Lipinski definition) is 12. The molecule has 0 spiro atoms. The molecule has 0 radical (unpaired) electrons. The van der Waals surface area contributed by atoms with E-state index < -0.39 is 84.9 Å². The van der Waals surface area contributed by atoms with Crippen LogP contribution in [0.3, 0.4) is 0 Å². The van der Waals surface area contributed by atoms with Gasteiger partial charge in [-0.1, -0.05) is 0 Å². The first-order valence-electron chi connectivity index (χ1n) is 23.0. The third-order valence-electron chi connectivity index (χ3n) is 11.6. The monoisotopic (exact) mass is 990 g/mol. The van der Waals surface area contributed by atoms with Gasteiger partial charge in [-0.25, -0.2) is 33.6 Å². The number of nitrogens with two attached hydrogens (primary N) is 2. The van der Waals surface area contributed by atoms with Crippen molar-refractivity contribution in [2.45, 2.75) is 101 Å². The number of urea groups is 4. The van der Waals surface area contributed by atoms with Gasteiger partial charge in [-0.05, 0) is 82.1 Å². The summed E-state index contributed by atoms with van der Waals surface area (Å²) in [5, 5.41) is 51.6. The number of aliphatic carboxylic acids is 4. The number of carboxylic acids is 4. The summed E-state index contributed by atoms with van der Waals surface area (Å²) in [5.74, 6) is -6.11. The fourth-order valence-corrected chi connectivity index (χ4v) is 7.55. The highest BCUT2D eigenvalue weighted by atomic mass is 16.4. The van der Waals surface area contributed by atoms with E-state index >= 15 is 0 Å². The Balaban J connectivity index is 1.41. The molecule has 27 heteroatoms. The van der Waals surface area contributed by atoms with Gasteiger partial charge < -0.3 is 83.4 Å². The van der Waals surface area contributed by atoms with Crippen LogP contribution in [-0.2, 0) is 28.8 Å². The van der Waals surface area contributed by atoms with Crippen molar-refractivity contribution >= 4 is 71.4 Å². The van der Waals surface area contributed by atoms with E-state index in [9.17, 15) is 68.1 Å². The maximum Gasteiger partial charge on any atom is 0.326 e. The zero-order valence-electron chi connectivity index (χ0n) is 38.9. The molecule has 2 fully saturated rings. The number of carbonyl (C=O) groups is 11. The highest BCUT2D eigenvalue weighted by molar-refractivity contribution is 5.95. The molecule has 11 amide bonds. The Kier molecular flexibility index (Phi) is 23.8. The zero-order chi connectivity index (χ0) is 51.8. The molecule has 0 saturated carbocycles. The number of amides is 11. The molecule has 0 aliphatic carbocycles. The summed E-state index contributed by atoms with van der Waals surface area (Å²) in [6.45, 7) is 2.51. The Morgan fingerprint density at radius 3 is 1.30 bits per heavy atom. The predicted octanol–water partition coefficient (Wildman–Crippen LogP) is -0.832. The molecule has 1 aromatic carbocycles. The molecular formula is C43H66N12O15. The maximum atomic E-state index is 13.4. The summed E-state index contributed by atoms with van der Waals surface area (Å²) in [6, 6.07) is -1.05. The number of piperazine rings is 2. The topological polar surface area (TPSA) is 406 Å². The van der Waals surface area contributed by atoms with Gasteiger partial charge in [0.1, 0.15) is 18.1 Å².